The van der Waals surface area contributed by atoms with E-state index in [1.807, 2.05) is 0 Å². The predicted octanol–water partition coefficient (Wildman–Crippen LogP) is 2.48. The van der Waals surface area contributed by atoms with Gasteiger partial charge in [0.2, 0.25) is 0 Å². The van der Waals surface area contributed by atoms with Gasteiger partial charge in [-0.2, -0.15) is 0 Å². The second-order valence-electron chi connectivity index (χ2n) is 7.86. The first kappa shape index (κ1) is 13.3. The van der Waals surface area contributed by atoms with Gasteiger partial charge in [-0.15, -0.1) is 0 Å². The van der Waals surface area contributed by atoms with Gasteiger partial charge in [-0.25, -0.2) is 0 Å². The maximum Gasteiger partial charge on any atom is 0.161 e. The lowest BCUT2D eigenvalue weighted by atomic mass is 9.68. The van der Waals surface area contributed by atoms with Gasteiger partial charge >= 0.3 is 0 Å². The molecular formula is C16H24O3. The predicted molar refractivity (Wildman–Crippen MR) is 72.7 cm³/mol. The number of ether oxygens (including phenoxy) is 1. The van der Waals surface area contributed by atoms with Crippen molar-refractivity contribution in [1.82, 2.24) is 0 Å². The molecule has 0 heterocycles. The van der Waals surface area contributed by atoms with Crippen molar-refractivity contribution in [3.63, 3.8) is 0 Å². The smallest absolute Gasteiger partial charge is 0.161 e. The van der Waals surface area contributed by atoms with E-state index in [-0.39, 0.29) is 17.1 Å². The van der Waals surface area contributed by atoms with Crippen LogP contribution in [-0.2, 0) is 9.53 Å². The van der Waals surface area contributed by atoms with Gasteiger partial charge in [0.05, 0.1) is 11.2 Å². The highest BCUT2D eigenvalue weighted by Crippen LogP contribution is 2.71. The van der Waals surface area contributed by atoms with Crippen LogP contribution in [0.5, 0.6) is 0 Å². The normalized spacial score (nSPS) is 51.5. The monoisotopic (exact) mass is 264 g/mol. The topological polar surface area (TPSA) is 46.5 Å². The zero-order valence-corrected chi connectivity index (χ0v) is 12.4. The van der Waals surface area contributed by atoms with Crippen molar-refractivity contribution in [3.05, 3.63) is 12.2 Å². The highest BCUT2D eigenvalue weighted by atomic mass is 16.5. The van der Waals surface area contributed by atoms with E-state index in [4.69, 9.17) is 4.74 Å². The zero-order valence-electron chi connectivity index (χ0n) is 12.4. The molecule has 0 aromatic rings. The number of hydrogen-bond donors (Lipinski definition) is 1. The lowest BCUT2D eigenvalue weighted by Crippen LogP contribution is -2.43. The number of fused-ring (bicyclic) bond motifs is 3. The Morgan fingerprint density at radius 1 is 1.32 bits per heavy atom. The van der Waals surface area contributed by atoms with E-state index in [9.17, 15) is 9.90 Å². The summed E-state index contributed by atoms with van der Waals surface area (Å²) in [6.07, 6.45) is 2.65. The van der Waals surface area contributed by atoms with Crippen LogP contribution in [0, 0.1) is 16.7 Å². The highest BCUT2D eigenvalue weighted by molar-refractivity contribution is 6.00. The lowest BCUT2D eigenvalue weighted by Gasteiger charge is -2.40. The largest absolute Gasteiger partial charge is 0.389 e. The summed E-state index contributed by atoms with van der Waals surface area (Å²) in [5, 5.41) is 11.1. The molecule has 0 amide bonds. The number of methoxy groups -OCH3 is 1. The van der Waals surface area contributed by atoms with E-state index in [1.54, 1.807) is 7.11 Å². The first-order chi connectivity index (χ1) is 8.60. The number of aliphatic hydroxyl groups is 1. The van der Waals surface area contributed by atoms with Crippen LogP contribution in [0.2, 0.25) is 0 Å². The first-order valence-corrected chi connectivity index (χ1v) is 7.10. The molecule has 106 valence electrons. The van der Waals surface area contributed by atoms with Crippen molar-refractivity contribution >= 4 is 5.78 Å². The second kappa shape index (κ2) is 3.32. The Morgan fingerprint density at radius 3 is 2.53 bits per heavy atom. The van der Waals surface area contributed by atoms with Crippen molar-refractivity contribution in [3.8, 4) is 0 Å². The van der Waals surface area contributed by atoms with Crippen molar-refractivity contribution in [2.45, 2.75) is 57.7 Å². The molecule has 19 heavy (non-hydrogen) atoms. The fourth-order valence-electron chi connectivity index (χ4n) is 5.43. The Morgan fingerprint density at radius 2 is 1.95 bits per heavy atom. The van der Waals surface area contributed by atoms with Crippen LogP contribution in [0.1, 0.15) is 46.5 Å². The molecule has 1 N–H and O–H groups in total. The Balaban J connectivity index is 2.14. The molecule has 3 aliphatic carbocycles. The van der Waals surface area contributed by atoms with Crippen LogP contribution < -0.4 is 0 Å². The van der Waals surface area contributed by atoms with Crippen LogP contribution in [0.15, 0.2) is 12.2 Å². The van der Waals surface area contributed by atoms with Crippen LogP contribution >= 0.6 is 0 Å². The first-order valence-electron chi connectivity index (χ1n) is 7.10. The summed E-state index contributed by atoms with van der Waals surface area (Å²) in [4.78, 5) is 12.2. The number of rotatable bonds is 1. The summed E-state index contributed by atoms with van der Waals surface area (Å²) in [6.45, 7) is 10.5. The third-order valence-corrected chi connectivity index (χ3v) is 6.23. The van der Waals surface area contributed by atoms with Gasteiger partial charge in [0, 0.05) is 31.3 Å². The number of hydrogen-bond acceptors (Lipinski definition) is 3. The molecule has 0 unspecified atom stereocenters. The molecule has 3 rings (SSSR count). The van der Waals surface area contributed by atoms with Crippen LogP contribution in [-0.4, -0.2) is 29.2 Å². The number of carbonyl (C=O) groups excluding carboxylic acids is 1. The summed E-state index contributed by atoms with van der Waals surface area (Å²) in [7, 11) is 1.67. The minimum absolute atomic E-state index is 0.0777. The quantitative estimate of drug-likeness (QED) is 0.740. The number of Topliss-reactive ketones (excluding diaryl/α,β-unsaturated/α-hetero) is 1. The van der Waals surface area contributed by atoms with E-state index in [2.05, 4.69) is 27.4 Å². The highest BCUT2D eigenvalue weighted by Gasteiger charge is 2.75. The molecule has 3 saturated carbocycles. The maximum atomic E-state index is 12.2. The molecule has 0 saturated heterocycles. The number of carbonyl (C=O) groups is 1. The fourth-order valence-corrected chi connectivity index (χ4v) is 5.43. The van der Waals surface area contributed by atoms with E-state index in [1.165, 1.54) is 0 Å². The Bertz CT molecular complexity index is 480. The molecule has 0 aliphatic heterocycles. The van der Waals surface area contributed by atoms with E-state index in [0.717, 1.165) is 12.8 Å². The van der Waals surface area contributed by atoms with Crippen LogP contribution in [0.25, 0.3) is 0 Å². The molecule has 0 spiro atoms. The Kier molecular flexibility index (Phi) is 2.32. The van der Waals surface area contributed by atoms with Gasteiger partial charge in [-0.05, 0) is 23.8 Å². The van der Waals surface area contributed by atoms with Crippen molar-refractivity contribution in [2.24, 2.45) is 16.7 Å². The van der Waals surface area contributed by atoms with Gasteiger partial charge in [0.15, 0.2) is 5.78 Å². The van der Waals surface area contributed by atoms with Crippen molar-refractivity contribution in [2.75, 3.05) is 7.11 Å². The number of ketones is 1. The van der Waals surface area contributed by atoms with Crippen LogP contribution in [0.3, 0.4) is 0 Å². The minimum atomic E-state index is -0.710. The minimum Gasteiger partial charge on any atom is -0.389 e. The molecule has 0 aromatic heterocycles. The van der Waals surface area contributed by atoms with Gasteiger partial charge in [-0.1, -0.05) is 27.4 Å². The Hall–Kier alpha value is -0.670. The third kappa shape index (κ3) is 1.33. The summed E-state index contributed by atoms with van der Waals surface area (Å²) < 4.78 is 5.79. The summed E-state index contributed by atoms with van der Waals surface area (Å²) in [6, 6.07) is 0. The molecule has 3 nitrogen and oxygen atoms in total. The summed E-state index contributed by atoms with van der Waals surface area (Å²) in [5.74, 6) is 0.185. The van der Waals surface area contributed by atoms with E-state index in [0.29, 0.717) is 18.4 Å². The average molecular weight is 264 g/mol. The molecule has 3 aliphatic rings. The van der Waals surface area contributed by atoms with E-state index >= 15 is 0 Å². The summed E-state index contributed by atoms with van der Waals surface area (Å²) in [5.41, 5.74) is -0.891. The Labute approximate surface area is 115 Å². The molecule has 0 aromatic carbocycles. The molecule has 0 radical (unpaired) electrons. The fraction of sp³-hybridized carbons (Fsp3) is 0.812. The molecule has 3 fully saturated rings. The lowest BCUT2D eigenvalue weighted by molar-refractivity contribution is -0.119. The maximum absolute atomic E-state index is 12.2. The molecule has 4 atom stereocenters. The van der Waals surface area contributed by atoms with Gasteiger partial charge in [0.25, 0.3) is 0 Å². The summed E-state index contributed by atoms with van der Waals surface area (Å²) >= 11 is 0. The second-order valence-corrected chi connectivity index (χ2v) is 7.86. The van der Waals surface area contributed by atoms with Crippen molar-refractivity contribution in [1.29, 1.82) is 0 Å². The zero-order chi connectivity index (χ0) is 14.3. The standard InChI is InChI=1S/C16H24O3/c1-10-11(17)6-16(19-5)9-15(18)8-13(2,3)7-12(15)14(10,16)4/h12,18H,1,6-9H2,2-5H3/t12-,14+,15-,16-/m1/s1. The third-order valence-electron chi connectivity index (χ3n) is 6.23. The van der Waals surface area contributed by atoms with Gasteiger partial charge < -0.3 is 9.84 Å². The van der Waals surface area contributed by atoms with Crippen LogP contribution in [0.4, 0.5) is 0 Å². The molecular weight excluding hydrogens is 240 g/mol. The average Bonchev–Trinajstić information content (AvgIpc) is 2.70. The van der Waals surface area contributed by atoms with Gasteiger partial charge in [0.1, 0.15) is 0 Å². The van der Waals surface area contributed by atoms with Crippen molar-refractivity contribution < 1.29 is 14.6 Å². The van der Waals surface area contributed by atoms with E-state index < -0.39 is 16.6 Å². The van der Waals surface area contributed by atoms with Gasteiger partial charge in [-0.3, -0.25) is 4.79 Å². The SMILES string of the molecule is C=C1C(=O)C[C@@]2(OC)C[C@]3(O)CC(C)(C)C[C@@H]3[C@]12C. The molecule has 0 bridgehead atoms. The molecule has 3 heteroatoms.